The van der Waals surface area contributed by atoms with Crippen LogP contribution in [-0.4, -0.2) is 34.2 Å². The quantitative estimate of drug-likeness (QED) is 0.773. The van der Waals surface area contributed by atoms with E-state index >= 15 is 0 Å². The third-order valence-corrected chi connectivity index (χ3v) is 4.71. The van der Waals surface area contributed by atoms with Gasteiger partial charge >= 0.3 is 6.09 Å². The lowest BCUT2D eigenvalue weighted by molar-refractivity contribution is -0.136. The monoisotopic (exact) mass is 333 g/mol. The second-order valence-corrected chi connectivity index (χ2v) is 6.52. The van der Waals surface area contributed by atoms with Gasteiger partial charge in [-0.1, -0.05) is 63.4 Å². The van der Waals surface area contributed by atoms with Gasteiger partial charge in [-0.15, -0.1) is 0 Å². The van der Waals surface area contributed by atoms with Crippen molar-refractivity contribution >= 4 is 12.0 Å². The van der Waals surface area contributed by atoms with Crippen LogP contribution in [0.25, 0.3) is 0 Å². The summed E-state index contributed by atoms with van der Waals surface area (Å²) in [6, 6.07) is 9.01. The van der Waals surface area contributed by atoms with Crippen molar-refractivity contribution in [2.45, 2.75) is 64.7 Å². The van der Waals surface area contributed by atoms with Gasteiger partial charge < -0.3 is 9.84 Å². The topological polar surface area (TPSA) is 66.8 Å². The average Bonchev–Trinajstić information content (AvgIpc) is 2.89. The number of ether oxygens (including phenoxy) is 1. The first-order valence-electron chi connectivity index (χ1n) is 8.74. The Morgan fingerprint density at radius 1 is 1.29 bits per heavy atom. The van der Waals surface area contributed by atoms with Crippen molar-refractivity contribution in [1.82, 2.24) is 4.90 Å². The number of imide groups is 1. The number of rotatable bonds is 7. The number of aliphatic hydroxyl groups excluding tert-OH is 1. The van der Waals surface area contributed by atoms with Crippen LogP contribution in [0.4, 0.5) is 4.79 Å². The predicted molar refractivity (Wildman–Crippen MR) is 91.3 cm³/mol. The molecular formula is C19H27NO4. The molecule has 0 aliphatic carbocycles. The minimum absolute atomic E-state index is 0.366. The molecule has 2 rings (SSSR count). The molecule has 4 atom stereocenters. The standard InChI is InChI=1S/C19H27NO4/c1-4-5-7-12-16(21)13(2)18(22)20-14(3)17(24-19(20)23)15-10-8-6-9-11-15/h6,8-11,13-14,16-17,21H,4-5,7,12H2,1-3H3/t13-,14-,16+,17-/m1/s1. The molecule has 5 nitrogen and oxygen atoms in total. The normalized spacial score (nSPS) is 23.0. The first-order valence-corrected chi connectivity index (χ1v) is 8.74. The molecule has 24 heavy (non-hydrogen) atoms. The maximum Gasteiger partial charge on any atom is 0.417 e. The van der Waals surface area contributed by atoms with Crippen molar-refractivity contribution in [3.63, 3.8) is 0 Å². The Morgan fingerprint density at radius 3 is 2.58 bits per heavy atom. The molecule has 0 spiro atoms. The lowest BCUT2D eigenvalue weighted by atomic mass is 9.96. The average molecular weight is 333 g/mol. The Hall–Kier alpha value is -1.88. The van der Waals surface area contributed by atoms with E-state index < -0.39 is 30.3 Å². The SMILES string of the molecule is CCCCC[C@H](O)[C@@H](C)C(=O)N1C(=O)O[C@@H](c2ccccc2)[C@H]1C. The molecule has 1 heterocycles. The maximum absolute atomic E-state index is 12.7. The zero-order chi connectivity index (χ0) is 17.7. The van der Waals surface area contributed by atoms with Crippen molar-refractivity contribution < 1.29 is 19.4 Å². The fourth-order valence-corrected chi connectivity index (χ4v) is 3.08. The highest BCUT2D eigenvalue weighted by Gasteiger charge is 2.45. The first kappa shape index (κ1) is 18.5. The van der Waals surface area contributed by atoms with E-state index in [2.05, 4.69) is 6.92 Å². The van der Waals surface area contributed by atoms with Gasteiger partial charge in [0.2, 0.25) is 5.91 Å². The molecule has 1 aromatic carbocycles. The Kier molecular flexibility index (Phi) is 6.37. The summed E-state index contributed by atoms with van der Waals surface area (Å²) in [6.45, 7) is 5.57. The largest absolute Gasteiger partial charge is 0.439 e. The molecule has 2 amide bonds. The van der Waals surface area contributed by atoms with Crippen molar-refractivity contribution in [2.75, 3.05) is 0 Å². The number of carbonyl (C=O) groups is 2. The zero-order valence-corrected chi connectivity index (χ0v) is 14.6. The molecule has 5 heteroatoms. The summed E-state index contributed by atoms with van der Waals surface area (Å²) in [5.74, 6) is -0.985. The van der Waals surface area contributed by atoms with E-state index in [9.17, 15) is 14.7 Å². The molecule has 1 fully saturated rings. The molecule has 0 bridgehead atoms. The summed E-state index contributed by atoms with van der Waals surface area (Å²) < 4.78 is 5.41. The lowest BCUT2D eigenvalue weighted by Gasteiger charge is -2.25. The number of aliphatic hydroxyl groups is 1. The van der Waals surface area contributed by atoms with E-state index in [0.717, 1.165) is 29.7 Å². The van der Waals surface area contributed by atoms with E-state index in [-0.39, 0.29) is 5.91 Å². The number of nitrogens with zero attached hydrogens (tertiary/aromatic N) is 1. The van der Waals surface area contributed by atoms with Crippen molar-refractivity contribution in [1.29, 1.82) is 0 Å². The highest BCUT2D eigenvalue weighted by Crippen LogP contribution is 2.33. The summed E-state index contributed by atoms with van der Waals surface area (Å²) >= 11 is 0. The van der Waals surface area contributed by atoms with Crippen LogP contribution in [0.5, 0.6) is 0 Å². The van der Waals surface area contributed by atoms with Gasteiger partial charge in [-0.3, -0.25) is 4.79 Å². The molecule has 1 N–H and O–H groups in total. The predicted octanol–water partition coefficient (Wildman–Crippen LogP) is 3.67. The third kappa shape index (κ3) is 3.96. The summed E-state index contributed by atoms with van der Waals surface area (Å²) in [5.41, 5.74) is 0.866. The Morgan fingerprint density at radius 2 is 1.96 bits per heavy atom. The molecule has 0 saturated carbocycles. The summed E-state index contributed by atoms with van der Waals surface area (Å²) in [5, 5.41) is 10.2. The maximum atomic E-state index is 12.7. The minimum atomic E-state index is -0.736. The van der Waals surface area contributed by atoms with Crippen LogP contribution in [0.15, 0.2) is 30.3 Å². The summed E-state index contributed by atoms with van der Waals surface area (Å²) in [7, 11) is 0. The molecule has 0 radical (unpaired) electrons. The van der Waals surface area contributed by atoms with Gasteiger partial charge in [-0.05, 0) is 18.9 Å². The smallest absolute Gasteiger partial charge is 0.417 e. The number of carbonyl (C=O) groups excluding carboxylic acids is 2. The van der Waals surface area contributed by atoms with Gasteiger partial charge in [0.05, 0.1) is 18.1 Å². The van der Waals surface area contributed by atoms with Gasteiger partial charge in [-0.25, -0.2) is 9.69 Å². The van der Waals surface area contributed by atoms with Gasteiger partial charge in [-0.2, -0.15) is 0 Å². The molecule has 1 aliphatic rings. The van der Waals surface area contributed by atoms with Crippen molar-refractivity contribution in [2.24, 2.45) is 5.92 Å². The van der Waals surface area contributed by atoms with Gasteiger partial charge in [0.15, 0.2) is 0 Å². The van der Waals surface area contributed by atoms with Crippen LogP contribution in [-0.2, 0) is 9.53 Å². The van der Waals surface area contributed by atoms with Gasteiger partial charge in [0.25, 0.3) is 0 Å². The Bertz CT molecular complexity index is 560. The van der Waals surface area contributed by atoms with Crippen LogP contribution in [0.3, 0.4) is 0 Å². The van der Waals surface area contributed by atoms with Crippen LogP contribution in [0, 0.1) is 5.92 Å². The second kappa shape index (κ2) is 8.29. The van der Waals surface area contributed by atoms with Crippen LogP contribution < -0.4 is 0 Å². The van der Waals surface area contributed by atoms with E-state index in [1.54, 1.807) is 13.8 Å². The summed E-state index contributed by atoms with van der Waals surface area (Å²) in [6.07, 6.45) is 1.70. The van der Waals surface area contributed by atoms with Crippen LogP contribution in [0.2, 0.25) is 0 Å². The third-order valence-electron chi connectivity index (χ3n) is 4.71. The number of hydrogen-bond acceptors (Lipinski definition) is 4. The van der Waals surface area contributed by atoms with Crippen LogP contribution >= 0.6 is 0 Å². The second-order valence-electron chi connectivity index (χ2n) is 6.52. The zero-order valence-electron chi connectivity index (χ0n) is 14.6. The fourth-order valence-electron chi connectivity index (χ4n) is 3.08. The van der Waals surface area contributed by atoms with E-state index in [0.29, 0.717) is 6.42 Å². The summed E-state index contributed by atoms with van der Waals surface area (Å²) in [4.78, 5) is 26.0. The highest BCUT2D eigenvalue weighted by molar-refractivity contribution is 5.95. The molecule has 0 aromatic heterocycles. The first-order chi connectivity index (χ1) is 11.5. The number of cyclic esters (lactones) is 1. The van der Waals surface area contributed by atoms with Crippen molar-refractivity contribution in [3.8, 4) is 0 Å². The van der Waals surface area contributed by atoms with Crippen LogP contribution in [0.1, 0.15) is 58.1 Å². The Balaban J connectivity index is 2.05. The molecule has 132 valence electrons. The lowest BCUT2D eigenvalue weighted by Crippen LogP contribution is -2.44. The van der Waals surface area contributed by atoms with E-state index in [1.165, 1.54) is 0 Å². The van der Waals surface area contributed by atoms with E-state index in [1.807, 2.05) is 30.3 Å². The number of benzene rings is 1. The molecular weight excluding hydrogens is 306 g/mol. The molecule has 0 unspecified atom stereocenters. The number of unbranched alkanes of at least 4 members (excludes halogenated alkanes) is 2. The van der Waals surface area contributed by atoms with E-state index in [4.69, 9.17) is 4.74 Å². The van der Waals surface area contributed by atoms with Crippen molar-refractivity contribution in [3.05, 3.63) is 35.9 Å². The number of hydrogen-bond donors (Lipinski definition) is 1. The van der Waals surface area contributed by atoms with Gasteiger partial charge in [0, 0.05) is 0 Å². The molecule has 1 saturated heterocycles. The Labute approximate surface area is 143 Å². The van der Waals surface area contributed by atoms with Gasteiger partial charge in [0.1, 0.15) is 6.10 Å². The fraction of sp³-hybridized carbons (Fsp3) is 0.579. The highest BCUT2D eigenvalue weighted by atomic mass is 16.6. The minimum Gasteiger partial charge on any atom is -0.439 e. The molecule has 1 aliphatic heterocycles. The molecule has 1 aromatic rings. The number of amides is 2.